The van der Waals surface area contributed by atoms with Crippen LogP contribution in [0.15, 0.2) is 36.4 Å². The van der Waals surface area contributed by atoms with Crippen LogP contribution in [0.4, 0.5) is 14.9 Å². The zero-order chi connectivity index (χ0) is 19.8. The minimum Gasteiger partial charge on any atom is -0.465 e. The average molecular weight is 381 g/mol. The van der Waals surface area contributed by atoms with Gasteiger partial charge in [0.15, 0.2) is 0 Å². The molecule has 2 N–H and O–H groups in total. The molecule has 0 aliphatic carbocycles. The lowest BCUT2D eigenvalue weighted by molar-refractivity contribution is 0.0601. The molecule has 0 fully saturated rings. The molecule has 0 atom stereocenters. The molecule has 1 aliphatic heterocycles. The largest absolute Gasteiger partial charge is 0.465 e. The Morgan fingerprint density at radius 2 is 2.04 bits per heavy atom. The van der Waals surface area contributed by atoms with Gasteiger partial charge >= 0.3 is 12.0 Å². The summed E-state index contributed by atoms with van der Waals surface area (Å²) in [4.78, 5) is 29.5. The van der Waals surface area contributed by atoms with E-state index in [1.54, 1.807) is 36.1 Å². The fourth-order valence-electron chi connectivity index (χ4n) is 3.55. The number of ether oxygens (including phenoxy) is 1. The Kier molecular flexibility index (Phi) is 4.50. The molecule has 6 nitrogen and oxygen atoms in total. The van der Waals surface area contributed by atoms with Crippen molar-refractivity contribution in [1.29, 1.82) is 0 Å². The lowest BCUT2D eigenvalue weighted by Gasteiger charge is -2.27. The molecule has 2 aromatic carbocycles. The number of esters is 1. The molecule has 2 heterocycles. The van der Waals surface area contributed by atoms with Gasteiger partial charge in [-0.05, 0) is 42.8 Å². The summed E-state index contributed by atoms with van der Waals surface area (Å²) in [6, 6.07) is 9.67. The number of nitrogens with zero attached hydrogens (tertiary/aromatic N) is 1. The summed E-state index contributed by atoms with van der Waals surface area (Å²) >= 11 is 0. The number of urea groups is 1. The number of methoxy groups -OCH3 is 1. The third kappa shape index (κ3) is 3.19. The van der Waals surface area contributed by atoms with Crippen LogP contribution in [0.5, 0.6) is 0 Å². The minimum atomic E-state index is -0.458. The highest BCUT2D eigenvalue weighted by Crippen LogP contribution is 2.29. The van der Waals surface area contributed by atoms with Crippen molar-refractivity contribution >= 4 is 28.6 Å². The third-order valence-electron chi connectivity index (χ3n) is 5.05. The third-order valence-corrected chi connectivity index (χ3v) is 5.05. The summed E-state index contributed by atoms with van der Waals surface area (Å²) in [5.41, 5.74) is 4.32. The molecule has 4 rings (SSSR count). The minimum absolute atomic E-state index is 0.160. The van der Waals surface area contributed by atoms with Crippen LogP contribution in [0.25, 0.3) is 10.9 Å². The molecule has 7 heteroatoms. The molecular formula is C21H20FN3O3. The topological polar surface area (TPSA) is 74.4 Å². The van der Waals surface area contributed by atoms with E-state index in [4.69, 9.17) is 4.74 Å². The number of carbonyl (C=O) groups excluding carboxylic acids is 2. The van der Waals surface area contributed by atoms with E-state index in [0.717, 1.165) is 27.7 Å². The number of aromatic nitrogens is 1. The summed E-state index contributed by atoms with van der Waals surface area (Å²) in [6.07, 6.45) is 0.654. The van der Waals surface area contributed by atoms with Crippen molar-refractivity contribution in [2.75, 3.05) is 19.0 Å². The standard InChI is InChI=1S/C21H20FN3O3/c1-12-3-5-19(16(22)9-12)24-21(27)25-8-7-18-15(11-25)14-10-13(20(26)28-2)4-6-17(14)23-18/h3-6,9-10,23H,7-8,11H2,1-2H3,(H,24,27). The van der Waals surface area contributed by atoms with Crippen LogP contribution in [0.2, 0.25) is 0 Å². The molecule has 1 aliphatic rings. The van der Waals surface area contributed by atoms with E-state index in [9.17, 15) is 14.0 Å². The van der Waals surface area contributed by atoms with Crippen molar-refractivity contribution in [1.82, 2.24) is 9.88 Å². The SMILES string of the molecule is COC(=O)c1ccc2[nH]c3c(c2c1)CN(C(=O)Nc1ccc(C)cc1F)CC3. The van der Waals surface area contributed by atoms with E-state index >= 15 is 0 Å². The Bertz CT molecular complexity index is 1090. The summed E-state index contributed by atoms with van der Waals surface area (Å²) < 4.78 is 18.8. The number of hydrogen-bond acceptors (Lipinski definition) is 3. The fourth-order valence-corrected chi connectivity index (χ4v) is 3.55. The monoisotopic (exact) mass is 381 g/mol. The molecule has 2 amide bonds. The maximum absolute atomic E-state index is 14.0. The number of halogens is 1. The quantitative estimate of drug-likeness (QED) is 0.659. The molecule has 3 aromatic rings. The number of hydrogen-bond donors (Lipinski definition) is 2. The lowest BCUT2D eigenvalue weighted by atomic mass is 10.0. The number of fused-ring (bicyclic) bond motifs is 3. The van der Waals surface area contributed by atoms with Crippen LogP contribution in [0.1, 0.15) is 27.2 Å². The highest BCUT2D eigenvalue weighted by molar-refractivity contribution is 5.96. The van der Waals surface area contributed by atoms with Gasteiger partial charge < -0.3 is 19.9 Å². The van der Waals surface area contributed by atoms with E-state index < -0.39 is 11.8 Å². The Morgan fingerprint density at radius 1 is 1.21 bits per heavy atom. The second-order valence-corrected chi connectivity index (χ2v) is 6.92. The summed E-state index contributed by atoms with van der Waals surface area (Å²) in [7, 11) is 1.34. The summed E-state index contributed by atoms with van der Waals surface area (Å²) in [5, 5.41) is 3.53. The molecule has 1 aromatic heterocycles. The highest BCUT2D eigenvalue weighted by atomic mass is 19.1. The van der Waals surface area contributed by atoms with Gasteiger partial charge in [-0.3, -0.25) is 0 Å². The van der Waals surface area contributed by atoms with E-state index in [1.807, 2.05) is 6.07 Å². The predicted octanol–water partition coefficient (Wildman–Crippen LogP) is 3.99. The number of benzene rings is 2. The number of carbonyl (C=O) groups is 2. The molecular weight excluding hydrogens is 361 g/mol. The van der Waals surface area contributed by atoms with Crippen molar-refractivity contribution in [3.05, 3.63) is 64.6 Å². The van der Waals surface area contributed by atoms with Gasteiger partial charge in [0, 0.05) is 41.7 Å². The van der Waals surface area contributed by atoms with Crippen LogP contribution < -0.4 is 5.32 Å². The molecule has 0 radical (unpaired) electrons. The van der Waals surface area contributed by atoms with Crippen molar-refractivity contribution in [3.63, 3.8) is 0 Å². The number of aromatic amines is 1. The highest BCUT2D eigenvalue weighted by Gasteiger charge is 2.25. The van der Waals surface area contributed by atoms with Gasteiger partial charge in [0.25, 0.3) is 0 Å². The van der Waals surface area contributed by atoms with Gasteiger partial charge in [-0.25, -0.2) is 14.0 Å². The fraction of sp³-hybridized carbons (Fsp3) is 0.238. The number of anilines is 1. The number of nitrogens with one attached hydrogen (secondary N) is 2. The normalized spacial score (nSPS) is 13.3. The van der Waals surface area contributed by atoms with Gasteiger partial charge in [-0.1, -0.05) is 6.07 Å². The summed E-state index contributed by atoms with van der Waals surface area (Å²) in [5.74, 6) is -0.863. The second kappa shape index (κ2) is 6.99. The molecule has 0 spiro atoms. The number of amides is 2. The first-order valence-electron chi connectivity index (χ1n) is 9.00. The van der Waals surface area contributed by atoms with Gasteiger partial charge in [0.05, 0.1) is 18.4 Å². The zero-order valence-corrected chi connectivity index (χ0v) is 15.6. The molecule has 144 valence electrons. The first kappa shape index (κ1) is 18.0. The number of aryl methyl sites for hydroxylation is 1. The Morgan fingerprint density at radius 3 is 2.79 bits per heavy atom. The van der Waals surface area contributed by atoms with Crippen molar-refractivity contribution in [2.24, 2.45) is 0 Å². The van der Waals surface area contributed by atoms with E-state index in [-0.39, 0.29) is 11.7 Å². The number of rotatable bonds is 2. The second-order valence-electron chi connectivity index (χ2n) is 6.92. The Balaban J connectivity index is 1.59. The average Bonchev–Trinajstić information content (AvgIpc) is 3.06. The first-order valence-corrected chi connectivity index (χ1v) is 9.00. The van der Waals surface area contributed by atoms with Crippen molar-refractivity contribution < 1.29 is 18.7 Å². The van der Waals surface area contributed by atoms with Gasteiger partial charge in [-0.15, -0.1) is 0 Å². The smallest absolute Gasteiger partial charge is 0.337 e. The van der Waals surface area contributed by atoms with Crippen molar-refractivity contribution in [2.45, 2.75) is 19.9 Å². The zero-order valence-electron chi connectivity index (χ0n) is 15.6. The molecule has 0 unspecified atom stereocenters. The lowest BCUT2D eigenvalue weighted by Crippen LogP contribution is -2.38. The van der Waals surface area contributed by atoms with Crippen LogP contribution in [0, 0.1) is 12.7 Å². The predicted molar refractivity (Wildman–Crippen MR) is 104 cm³/mol. The van der Waals surface area contributed by atoms with Crippen LogP contribution in [0.3, 0.4) is 0 Å². The van der Waals surface area contributed by atoms with E-state index in [0.29, 0.717) is 25.1 Å². The maximum Gasteiger partial charge on any atom is 0.337 e. The maximum atomic E-state index is 14.0. The molecule has 0 bridgehead atoms. The Labute approximate surface area is 161 Å². The molecule has 0 saturated carbocycles. The van der Waals surface area contributed by atoms with Gasteiger partial charge in [-0.2, -0.15) is 0 Å². The van der Waals surface area contributed by atoms with Crippen LogP contribution in [-0.2, 0) is 17.7 Å². The van der Waals surface area contributed by atoms with Gasteiger partial charge in [0.2, 0.25) is 0 Å². The van der Waals surface area contributed by atoms with Crippen LogP contribution in [-0.4, -0.2) is 35.5 Å². The first-order chi connectivity index (χ1) is 13.5. The summed E-state index contributed by atoms with van der Waals surface area (Å²) in [6.45, 7) is 2.68. The molecule has 28 heavy (non-hydrogen) atoms. The van der Waals surface area contributed by atoms with E-state index in [2.05, 4.69) is 10.3 Å². The Hall–Kier alpha value is -3.35. The molecule has 0 saturated heterocycles. The van der Waals surface area contributed by atoms with Crippen molar-refractivity contribution in [3.8, 4) is 0 Å². The van der Waals surface area contributed by atoms with Crippen LogP contribution >= 0.6 is 0 Å². The number of H-pyrrole nitrogens is 1. The van der Waals surface area contributed by atoms with Gasteiger partial charge in [0.1, 0.15) is 5.82 Å². The van der Waals surface area contributed by atoms with E-state index in [1.165, 1.54) is 13.2 Å².